The van der Waals surface area contributed by atoms with Crippen molar-refractivity contribution in [2.75, 3.05) is 13.2 Å². The molecule has 0 aliphatic rings. The third-order valence-electron chi connectivity index (χ3n) is 0.734. The highest BCUT2D eigenvalue weighted by atomic mass is 16.5. The molecule has 0 spiro atoms. The minimum Gasteiger partial charge on any atom is -0.481 e. The molecule has 0 radical (unpaired) electrons. The second kappa shape index (κ2) is 4.62. The number of hydrogen-bond donors (Lipinski definition) is 0. The van der Waals surface area contributed by atoms with Gasteiger partial charge in [0.1, 0.15) is 0 Å². The predicted octanol–water partition coefficient (Wildman–Crippen LogP) is 1.46. The molecule has 2 heteroatoms. The molecule has 0 bridgehead atoms. The van der Waals surface area contributed by atoms with E-state index >= 15 is 0 Å². The van der Waals surface area contributed by atoms with Crippen LogP contribution in [0.2, 0.25) is 0 Å². The molecule has 0 atom stereocenters. The Balaban J connectivity index is 3.29. The smallest absolute Gasteiger partial charge is 0.179 e. The van der Waals surface area contributed by atoms with Crippen LogP contribution in [0.5, 0.6) is 0 Å². The van der Waals surface area contributed by atoms with Crippen molar-refractivity contribution in [3.8, 4) is 0 Å². The van der Waals surface area contributed by atoms with E-state index in [-0.39, 0.29) is 0 Å². The Morgan fingerprint density at radius 3 is 2.50 bits per heavy atom. The van der Waals surface area contributed by atoms with Gasteiger partial charge in [-0.2, -0.15) is 0 Å². The molecule has 0 N–H and O–H groups in total. The molecule has 8 heavy (non-hydrogen) atoms. The molecule has 48 valence electrons. The third-order valence-corrected chi connectivity index (χ3v) is 0.734. The van der Waals surface area contributed by atoms with Crippen molar-refractivity contribution in [1.82, 2.24) is 0 Å². The molecule has 0 heterocycles. The highest BCUT2D eigenvalue weighted by Gasteiger charge is 1.82. The highest BCUT2D eigenvalue weighted by Crippen LogP contribution is 1.79. The van der Waals surface area contributed by atoms with Crippen molar-refractivity contribution >= 4 is 5.90 Å². The van der Waals surface area contributed by atoms with E-state index in [0.717, 1.165) is 19.0 Å². The average Bonchev–Trinajstić information content (AvgIpc) is 1.68. The summed E-state index contributed by atoms with van der Waals surface area (Å²) in [4.78, 5) is 4.01. The van der Waals surface area contributed by atoms with Gasteiger partial charge in [-0.05, 0) is 13.8 Å². The quantitative estimate of drug-likeness (QED) is 0.394. The number of ether oxygens (including phenoxy) is 1. The Morgan fingerprint density at radius 1 is 1.50 bits per heavy atom. The second-order valence-corrected chi connectivity index (χ2v) is 1.43. The first-order valence-corrected chi connectivity index (χ1v) is 2.95. The van der Waals surface area contributed by atoms with Crippen molar-refractivity contribution in [2.24, 2.45) is 4.99 Å². The van der Waals surface area contributed by atoms with E-state index in [4.69, 9.17) is 4.74 Å². The van der Waals surface area contributed by atoms with E-state index in [1.807, 2.05) is 20.8 Å². The second-order valence-electron chi connectivity index (χ2n) is 1.43. The van der Waals surface area contributed by atoms with Gasteiger partial charge < -0.3 is 4.74 Å². The lowest BCUT2D eigenvalue weighted by molar-refractivity contribution is 0.323. The predicted molar refractivity (Wildman–Crippen MR) is 35.3 cm³/mol. The number of hydrogen-bond acceptors (Lipinski definition) is 2. The van der Waals surface area contributed by atoms with Crippen LogP contribution in [0.3, 0.4) is 0 Å². The molecule has 0 aromatic heterocycles. The number of nitrogens with zero attached hydrogens (tertiary/aromatic N) is 1. The maximum atomic E-state index is 5.03. The fourth-order valence-electron chi connectivity index (χ4n) is 0.477. The topological polar surface area (TPSA) is 21.6 Å². The molecule has 0 aromatic rings. The van der Waals surface area contributed by atoms with Crippen LogP contribution in [0.15, 0.2) is 4.99 Å². The Labute approximate surface area is 50.6 Å². The molecule has 0 aromatic carbocycles. The molecular weight excluding hydrogens is 102 g/mol. The van der Waals surface area contributed by atoms with Gasteiger partial charge in [-0.3, -0.25) is 4.99 Å². The standard InChI is InChI=1S/C6H13NO/c1-4-7-6(3)8-5-2/h4-5H2,1-3H3. The van der Waals surface area contributed by atoms with E-state index in [9.17, 15) is 0 Å². The van der Waals surface area contributed by atoms with Crippen LogP contribution in [0.1, 0.15) is 20.8 Å². The lowest BCUT2D eigenvalue weighted by Crippen LogP contribution is -1.98. The fraction of sp³-hybridized carbons (Fsp3) is 0.833. The Morgan fingerprint density at radius 2 is 2.12 bits per heavy atom. The van der Waals surface area contributed by atoms with Gasteiger partial charge in [0.25, 0.3) is 0 Å². The van der Waals surface area contributed by atoms with Crippen LogP contribution in [0, 0.1) is 0 Å². The fourth-order valence-corrected chi connectivity index (χ4v) is 0.477. The Hall–Kier alpha value is -0.530. The van der Waals surface area contributed by atoms with Crippen LogP contribution >= 0.6 is 0 Å². The van der Waals surface area contributed by atoms with Crippen LogP contribution in [-0.2, 0) is 4.74 Å². The first kappa shape index (κ1) is 7.47. The lowest BCUT2D eigenvalue weighted by Gasteiger charge is -1.98. The number of rotatable bonds is 2. The summed E-state index contributed by atoms with van der Waals surface area (Å²) in [7, 11) is 0. The average molecular weight is 115 g/mol. The Bertz CT molecular complexity index is 78.6. The monoisotopic (exact) mass is 115 g/mol. The Kier molecular flexibility index (Phi) is 4.32. The molecule has 0 amide bonds. The highest BCUT2D eigenvalue weighted by molar-refractivity contribution is 5.72. The van der Waals surface area contributed by atoms with Crippen LogP contribution in [-0.4, -0.2) is 19.0 Å². The first-order chi connectivity index (χ1) is 3.81. The van der Waals surface area contributed by atoms with Gasteiger partial charge in [0.15, 0.2) is 5.90 Å². The van der Waals surface area contributed by atoms with E-state index in [2.05, 4.69) is 4.99 Å². The van der Waals surface area contributed by atoms with E-state index < -0.39 is 0 Å². The van der Waals surface area contributed by atoms with Gasteiger partial charge in [-0.15, -0.1) is 0 Å². The van der Waals surface area contributed by atoms with Crippen molar-refractivity contribution in [2.45, 2.75) is 20.8 Å². The minimum absolute atomic E-state index is 0.718. The summed E-state index contributed by atoms with van der Waals surface area (Å²) >= 11 is 0. The number of aliphatic imine (C=N–C) groups is 1. The van der Waals surface area contributed by atoms with Gasteiger partial charge in [0, 0.05) is 13.5 Å². The first-order valence-electron chi connectivity index (χ1n) is 2.95. The zero-order valence-electron chi connectivity index (χ0n) is 5.77. The van der Waals surface area contributed by atoms with Crippen LogP contribution < -0.4 is 0 Å². The van der Waals surface area contributed by atoms with Crippen LogP contribution in [0.25, 0.3) is 0 Å². The van der Waals surface area contributed by atoms with Gasteiger partial charge in [0.05, 0.1) is 6.61 Å². The molecular formula is C6H13NO. The van der Waals surface area contributed by atoms with Crippen molar-refractivity contribution in [3.05, 3.63) is 0 Å². The third kappa shape index (κ3) is 3.65. The van der Waals surface area contributed by atoms with Crippen LogP contribution in [0.4, 0.5) is 0 Å². The summed E-state index contributed by atoms with van der Waals surface area (Å²) < 4.78 is 5.03. The van der Waals surface area contributed by atoms with Crippen molar-refractivity contribution < 1.29 is 4.74 Å². The van der Waals surface area contributed by atoms with Crippen molar-refractivity contribution in [1.29, 1.82) is 0 Å². The van der Waals surface area contributed by atoms with Crippen molar-refractivity contribution in [3.63, 3.8) is 0 Å². The molecule has 0 unspecified atom stereocenters. The molecule has 0 fully saturated rings. The molecule has 0 aliphatic heterocycles. The maximum absolute atomic E-state index is 5.03. The minimum atomic E-state index is 0.718. The summed E-state index contributed by atoms with van der Waals surface area (Å²) in [5.74, 6) is 0.787. The summed E-state index contributed by atoms with van der Waals surface area (Å²) in [6.45, 7) is 7.34. The normalized spacial score (nSPS) is 11.6. The van der Waals surface area contributed by atoms with Gasteiger partial charge in [-0.1, -0.05) is 0 Å². The van der Waals surface area contributed by atoms with Gasteiger partial charge in [0.2, 0.25) is 0 Å². The van der Waals surface area contributed by atoms with E-state index in [1.165, 1.54) is 0 Å². The summed E-state index contributed by atoms with van der Waals surface area (Å²) in [5, 5.41) is 0. The van der Waals surface area contributed by atoms with Gasteiger partial charge in [-0.25, -0.2) is 0 Å². The van der Waals surface area contributed by atoms with Gasteiger partial charge >= 0.3 is 0 Å². The molecule has 2 nitrogen and oxygen atoms in total. The molecule has 0 rings (SSSR count). The molecule has 0 aliphatic carbocycles. The summed E-state index contributed by atoms with van der Waals surface area (Å²) in [5.41, 5.74) is 0. The lowest BCUT2D eigenvalue weighted by atomic mass is 10.7. The zero-order chi connectivity index (χ0) is 6.41. The zero-order valence-corrected chi connectivity index (χ0v) is 5.77. The van der Waals surface area contributed by atoms with E-state index in [0.29, 0.717) is 0 Å². The largest absolute Gasteiger partial charge is 0.481 e. The molecule has 0 saturated heterocycles. The SMILES string of the molecule is CCN=C(C)OCC. The summed E-state index contributed by atoms with van der Waals surface area (Å²) in [6, 6.07) is 0. The summed E-state index contributed by atoms with van der Waals surface area (Å²) in [6.07, 6.45) is 0. The van der Waals surface area contributed by atoms with E-state index in [1.54, 1.807) is 0 Å². The maximum Gasteiger partial charge on any atom is 0.179 e. The molecule has 0 saturated carbocycles.